The molecule has 0 radical (unpaired) electrons. The minimum atomic E-state index is -0.269. The van der Waals surface area contributed by atoms with E-state index in [9.17, 15) is 4.79 Å². The smallest absolute Gasteiger partial charge is 0.410 e. The number of nitrogens with zero attached hydrogens (tertiary/aromatic N) is 5. The minimum Gasteiger partial charge on any atom is -0.447 e. The second-order valence-electron chi connectivity index (χ2n) is 5.82. The first-order valence-electron chi connectivity index (χ1n) is 7.67. The molecule has 4 rings (SSSR count). The van der Waals surface area contributed by atoms with Crippen LogP contribution in [-0.2, 0) is 4.74 Å². The largest absolute Gasteiger partial charge is 0.447 e. The molecule has 2 N–H and O–H groups in total. The van der Waals surface area contributed by atoms with E-state index in [0.29, 0.717) is 53.5 Å². The summed E-state index contributed by atoms with van der Waals surface area (Å²) in [5.41, 5.74) is 7.04. The predicted octanol–water partition coefficient (Wildman–Crippen LogP) is 2.07. The number of amides is 1. The lowest BCUT2D eigenvalue weighted by Gasteiger charge is -2.35. The summed E-state index contributed by atoms with van der Waals surface area (Å²) in [6.07, 6.45) is -0.269. The number of cyclic esters (lactones) is 1. The van der Waals surface area contributed by atoms with Crippen molar-refractivity contribution in [1.29, 1.82) is 0 Å². The number of hydrogen-bond acceptors (Lipinski definition) is 7. The number of nitrogens with two attached hydrogens (primary N) is 1. The van der Waals surface area contributed by atoms with Crippen LogP contribution >= 0.6 is 23.2 Å². The Balaban J connectivity index is 1.60. The van der Waals surface area contributed by atoms with Crippen LogP contribution in [0, 0.1) is 0 Å². The lowest BCUT2D eigenvalue weighted by molar-refractivity contribution is 0.157. The van der Waals surface area contributed by atoms with Crippen molar-refractivity contribution < 1.29 is 9.53 Å². The van der Waals surface area contributed by atoms with Crippen LogP contribution in [-0.4, -0.2) is 58.5 Å². The highest BCUT2D eigenvalue weighted by molar-refractivity contribution is 6.43. The summed E-state index contributed by atoms with van der Waals surface area (Å²) in [5.74, 6) is 0.633. The van der Waals surface area contributed by atoms with Crippen molar-refractivity contribution in [3.63, 3.8) is 0 Å². The van der Waals surface area contributed by atoms with Crippen molar-refractivity contribution in [2.24, 2.45) is 0 Å². The minimum absolute atomic E-state index is 0.00637. The van der Waals surface area contributed by atoms with Crippen LogP contribution in [0.5, 0.6) is 0 Å². The maximum Gasteiger partial charge on any atom is 0.410 e. The van der Waals surface area contributed by atoms with Gasteiger partial charge in [-0.05, 0) is 6.07 Å². The number of piperazine rings is 1. The van der Waals surface area contributed by atoms with Crippen LogP contribution in [0.3, 0.4) is 0 Å². The van der Waals surface area contributed by atoms with Gasteiger partial charge >= 0.3 is 6.09 Å². The standard InChI is InChI=1S/C15H14Cl2N6O2/c16-10-3-1-2-9(11(10)17)12-13(18)19-14(21-20-12)22-4-5-23-8(6-22)7-25-15(23)24/h1-3,8H,4-7H2,(H2,18,19,21)/t8-/m1/s1. The van der Waals surface area contributed by atoms with Gasteiger partial charge in [0.25, 0.3) is 0 Å². The van der Waals surface area contributed by atoms with Crippen LogP contribution < -0.4 is 10.6 Å². The fourth-order valence-corrected chi connectivity index (χ4v) is 3.40. The molecule has 1 amide bonds. The number of fused-ring (bicyclic) bond motifs is 1. The monoisotopic (exact) mass is 380 g/mol. The lowest BCUT2D eigenvalue weighted by Crippen LogP contribution is -2.52. The quantitative estimate of drug-likeness (QED) is 0.851. The van der Waals surface area contributed by atoms with E-state index in [4.69, 9.17) is 33.7 Å². The van der Waals surface area contributed by atoms with Gasteiger partial charge in [0, 0.05) is 25.2 Å². The summed E-state index contributed by atoms with van der Waals surface area (Å²) in [7, 11) is 0. The Bertz CT molecular complexity index is 849. The van der Waals surface area contributed by atoms with Crippen molar-refractivity contribution in [2.75, 3.05) is 36.9 Å². The molecule has 1 aromatic carbocycles. The summed E-state index contributed by atoms with van der Waals surface area (Å²) in [5, 5.41) is 9.14. The Morgan fingerprint density at radius 2 is 2.08 bits per heavy atom. The molecular weight excluding hydrogens is 367 g/mol. The molecule has 0 bridgehead atoms. The third-order valence-electron chi connectivity index (χ3n) is 4.31. The van der Waals surface area contributed by atoms with Gasteiger partial charge in [-0.15, -0.1) is 10.2 Å². The number of ether oxygens (including phenoxy) is 1. The molecule has 1 atom stereocenters. The van der Waals surface area contributed by atoms with Crippen molar-refractivity contribution in [2.45, 2.75) is 6.04 Å². The summed E-state index contributed by atoms with van der Waals surface area (Å²) in [6.45, 7) is 2.08. The SMILES string of the molecule is Nc1nc(N2CCN3C(=O)OC[C@H]3C2)nnc1-c1cccc(Cl)c1Cl. The summed E-state index contributed by atoms with van der Waals surface area (Å²) in [4.78, 5) is 19.6. The van der Waals surface area contributed by atoms with Gasteiger partial charge < -0.3 is 15.4 Å². The highest BCUT2D eigenvalue weighted by atomic mass is 35.5. The second kappa shape index (κ2) is 6.20. The highest BCUT2D eigenvalue weighted by Gasteiger charge is 2.38. The average molecular weight is 381 g/mol. The van der Waals surface area contributed by atoms with E-state index in [1.807, 2.05) is 4.90 Å². The summed E-state index contributed by atoms with van der Waals surface area (Å²) < 4.78 is 5.06. The van der Waals surface area contributed by atoms with Crippen LogP contribution in [0.15, 0.2) is 18.2 Å². The molecule has 0 aliphatic carbocycles. The molecule has 2 saturated heterocycles. The van der Waals surface area contributed by atoms with Gasteiger partial charge in [0.1, 0.15) is 12.3 Å². The number of benzene rings is 1. The lowest BCUT2D eigenvalue weighted by atomic mass is 10.1. The number of rotatable bonds is 2. The van der Waals surface area contributed by atoms with Crippen molar-refractivity contribution >= 4 is 41.1 Å². The first-order valence-corrected chi connectivity index (χ1v) is 8.43. The number of carbonyl (C=O) groups is 1. The highest BCUT2D eigenvalue weighted by Crippen LogP contribution is 2.34. The van der Waals surface area contributed by atoms with E-state index in [1.54, 1.807) is 23.1 Å². The topological polar surface area (TPSA) is 97.5 Å². The van der Waals surface area contributed by atoms with E-state index < -0.39 is 0 Å². The Labute approximate surface area is 153 Å². The Morgan fingerprint density at radius 3 is 2.88 bits per heavy atom. The molecule has 2 fully saturated rings. The van der Waals surface area contributed by atoms with E-state index in [-0.39, 0.29) is 18.0 Å². The zero-order chi connectivity index (χ0) is 17.6. The number of nitrogen functional groups attached to an aromatic ring is 1. The maximum atomic E-state index is 11.6. The molecule has 25 heavy (non-hydrogen) atoms. The Hall–Kier alpha value is -2.32. The van der Waals surface area contributed by atoms with Gasteiger partial charge in [0.05, 0.1) is 16.1 Å². The van der Waals surface area contributed by atoms with E-state index in [0.717, 1.165) is 0 Å². The first-order chi connectivity index (χ1) is 12.0. The summed E-state index contributed by atoms with van der Waals surface area (Å²) >= 11 is 12.3. The molecule has 130 valence electrons. The van der Waals surface area contributed by atoms with Gasteiger partial charge in [-0.25, -0.2) is 4.79 Å². The fourth-order valence-electron chi connectivity index (χ4n) is 3.01. The molecule has 3 heterocycles. The maximum absolute atomic E-state index is 11.6. The molecule has 1 aromatic heterocycles. The van der Waals surface area contributed by atoms with Crippen LogP contribution in [0.2, 0.25) is 10.0 Å². The van der Waals surface area contributed by atoms with Gasteiger partial charge in [-0.1, -0.05) is 35.3 Å². The van der Waals surface area contributed by atoms with E-state index in [2.05, 4.69) is 15.2 Å². The molecule has 8 nitrogen and oxygen atoms in total. The predicted molar refractivity (Wildman–Crippen MR) is 93.8 cm³/mol. The van der Waals surface area contributed by atoms with Crippen molar-refractivity contribution in [1.82, 2.24) is 20.1 Å². The number of anilines is 2. The molecule has 0 saturated carbocycles. The Kier molecular flexibility index (Phi) is 4.01. The number of carbonyl (C=O) groups excluding carboxylic acids is 1. The fraction of sp³-hybridized carbons (Fsp3) is 0.333. The molecular formula is C15H14Cl2N6O2. The molecule has 0 unspecified atom stereocenters. The molecule has 2 aromatic rings. The number of aromatic nitrogens is 3. The van der Waals surface area contributed by atoms with Gasteiger partial charge in [0.15, 0.2) is 5.82 Å². The third kappa shape index (κ3) is 2.81. The summed E-state index contributed by atoms with van der Waals surface area (Å²) in [6, 6.07) is 5.20. The van der Waals surface area contributed by atoms with Gasteiger partial charge in [-0.3, -0.25) is 4.90 Å². The molecule has 2 aliphatic rings. The van der Waals surface area contributed by atoms with Gasteiger partial charge in [0.2, 0.25) is 5.95 Å². The number of halogens is 2. The van der Waals surface area contributed by atoms with Gasteiger partial charge in [-0.2, -0.15) is 4.98 Å². The third-order valence-corrected chi connectivity index (χ3v) is 5.13. The molecule has 0 spiro atoms. The van der Waals surface area contributed by atoms with E-state index >= 15 is 0 Å². The Morgan fingerprint density at radius 1 is 1.24 bits per heavy atom. The average Bonchev–Trinajstić information content (AvgIpc) is 2.98. The zero-order valence-electron chi connectivity index (χ0n) is 13.0. The van der Waals surface area contributed by atoms with Crippen LogP contribution in [0.25, 0.3) is 11.3 Å². The second-order valence-corrected chi connectivity index (χ2v) is 6.60. The molecule has 2 aliphatic heterocycles. The zero-order valence-corrected chi connectivity index (χ0v) is 14.5. The number of hydrogen-bond donors (Lipinski definition) is 1. The van der Waals surface area contributed by atoms with E-state index in [1.165, 1.54) is 0 Å². The molecule has 10 heteroatoms. The van der Waals surface area contributed by atoms with Crippen LogP contribution in [0.4, 0.5) is 16.6 Å². The first kappa shape index (κ1) is 16.2. The van der Waals surface area contributed by atoms with Crippen LogP contribution in [0.1, 0.15) is 0 Å². The van der Waals surface area contributed by atoms with Crippen molar-refractivity contribution in [3.8, 4) is 11.3 Å². The van der Waals surface area contributed by atoms with Crippen molar-refractivity contribution in [3.05, 3.63) is 28.2 Å². The normalized spacial score (nSPS) is 19.8.